The molecule has 0 unspecified atom stereocenters. The third kappa shape index (κ3) is 2.75. The summed E-state index contributed by atoms with van der Waals surface area (Å²) in [5, 5.41) is 8.78. The van der Waals surface area contributed by atoms with E-state index in [-0.39, 0.29) is 11.6 Å². The van der Waals surface area contributed by atoms with Gasteiger partial charge in [0.25, 0.3) is 6.43 Å². The molecule has 7 heteroatoms. The predicted molar refractivity (Wildman–Crippen MR) is 58.4 cm³/mol. The summed E-state index contributed by atoms with van der Waals surface area (Å²) < 4.78 is 25.4. The van der Waals surface area contributed by atoms with Crippen molar-refractivity contribution in [3.05, 3.63) is 26.6 Å². The third-order valence-corrected chi connectivity index (χ3v) is 2.47. The van der Waals surface area contributed by atoms with Gasteiger partial charge in [-0.05, 0) is 28.7 Å². The Balaban J connectivity index is 3.47. The van der Waals surface area contributed by atoms with Crippen LogP contribution in [0.25, 0.3) is 0 Å². The van der Waals surface area contributed by atoms with Crippen molar-refractivity contribution in [1.29, 1.82) is 0 Å². The minimum absolute atomic E-state index is 0.0358. The van der Waals surface area contributed by atoms with Crippen LogP contribution in [0.15, 0.2) is 6.07 Å². The quantitative estimate of drug-likeness (QED) is 0.519. The first kappa shape index (κ1) is 12.6. The largest absolute Gasteiger partial charge is 0.478 e. The van der Waals surface area contributed by atoms with Gasteiger partial charge in [0.1, 0.15) is 3.70 Å². The zero-order valence-corrected chi connectivity index (χ0v) is 10.1. The molecule has 0 atom stereocenters. The monoisotopic (exact) mass is 347 g/mol. The van der Waals surface area contributed by atoms with Gasteiger partial charge in [0, 0.05) is 5.56 Å². The number of pyridine rings is 1. The number of hydrogen-bond donors (Lipinski definition) is 1. The molecule has 0 saturated heterocycles. The van der Waals surface area contributed by atoms with Crippen LogP contribution in [-0.4, -0.2) is 16.1 Å². The van der Waals surface area contributed by atoms with E-state index in [4.69, 9.17) is 16.7 Å². The van der Waals surface area contributed by atoms with Gasteiger partial charge in [-0.3, -0.25) is 0 Å². The van der Waals surface area contributed by atoms with Crippen molar-refractivity contribution in [2.45, 2.75) is 12.3 Å². The Kier molecular flexibility index (Phi) is 4.21. The van der Waals surface area contributed by atoms with Crippen LogP contribution in [0.1, 0.15) is 28.0 Å². The van der Waals surface area contributed by atoms with Gasteiger partial charge in [-0.25, -0.2) is 18.6 Å². The normalized spacial score (nSPS) is 10.7. The Labute approximate surface area is 103 Å². The number of nitrogens with zero attached hydrogens (tertiary/aromatic N) is 1. The zero-order chi connectivity index (χ0) is 11.6. The van der Waals surface area contributed by atoms with E-state index < -0.39 is 23.5 Å². The average Bonchev–Trinajstić information content (AvgIpc) is 2.15. The molecular formula is C8H5ClF2INO2. The molecule has 1 aromatic heterocycles. The Morgan fingerprint density at radius 2 is 2.27 bits per heavy atom. The summed E-state index contributed by atoms with van der Waals surface area (Å²) in [6, 6.07) is 1.05. The molecule has 0 aliphatic rings. The van der Waals surface area contributed by atoms with Gasteiger partial charge in [0.15, 0.2) is 0 Å². The summed E-state index contributed by atoms with van der Waals surface area (Å²) in [5.41, 5.74) is -1.08. The average molecular weight is 347 g/mol. The second-order valence-electron chi connectivity index (χ2n) is 2.60. The first-order valence-electron chi connectivity index (χ1n) is 3.74. The molecule has 1 aromatic rings. The fraction of sp³-hybridized carbons (Fsp3) is 0.250. The number of aromatic carboxylic acids is 1. The lowest BCUT2D eigenvalue weighted by atomic mass is 10.1. The topological polar surface area (TPSA) is 50.2 Å². The van der Waals surface area contributed by atoms with Crippen molar-refractivity contribution in [3.63, 3.8) is 0 Å². The molecule has 0 saturated carbocycles. The maximum atomic E-state index is 12.5. The molecule has 0 spiro atoms. The summed E-state index contributed by atoms with van der Waals surface area (Å²) in [4.78, 5) is 14.6. The molecule has 0 aliphatic heterocycles. The molecule has 3 nitrogen and oxygen atoms in total. The summed E-state index contributed by atoms with van der Waals surface area (Å²) in [6.45, 7) is 0. The van der Waals surface area contributed by atoms with E-state index in [2.05, 4.69) is 4.98 Å². The second-order valence-corrected chi connectivity index (χ2v) is 3.97. The molecule has 0 bridgehead atoms. The van der Waals surface area contributed by atoms with Crippen LogP contribution in [0.4, 0.5) is 8.78 Å². The highest BCUT2D eigenvalue weighted by Crippen LogP contribution is 2.27. The Morgan fingerprint density at radius 3 is 2.67 bits per heavy atom. The lowest BCUT2D eigenvalue weighted by Gasteiger charge is -2.09. The molecule has 1 heterocycles. The maximum Gasteiger partial charge on any atom is 0.338 e. The second kappa shape index (κ2) is 5.02. The summed E-state index contributed by atoms with van der Waals surface area (Å²) in [7, 11) is 0. The van der Waals surface area contributed by atoms with Crippen LogP contribution in [0.2, 0.25) is 0 Å². The summed E-state index contributed by atoms with van der Waals surface area (Å²) in [5.74, 6) is -1.65. The van der Waals surface area contributed by atoms with Gasteiger partial charge in [0.05, 0.1) is 17.1 Å². The van der Waals surface area contributed by atoms with Crippen molar-refractivity contribution in [1.82, 2.24) is 4.98 Å². The summed E-state index contributed by atoms with van der Waals surface area (Å²) >= 11 is 7.18. The molecule has 82 valence electrons. The van der Waals surface area contributed by atoms with E-state index in [1.165, 1.54) is 0 Å². The van der Waals surface area contributed by atoms with E-state index in [1.54, 1.807) is 22.6 Å². The molecule has 0 radical (unpaired) electrons. The van der Waals surface area contributed by atoms with Crippen molar-refractivity contribution >= 4 is 40.2 Å². The molecule has 0 fully saturated rings. The van der Waals surface area contributed by atoms with Crippen LogP contribution in [0.3, 0.4) is 0 Å². The lowest BCUT2D eigenvalue weighted by Crippen LogP contribution is -2.10. The first-order chi connectivity index (χ1) is 6.97. The Morgan fingerprint density at radius 1 is 1.67 bits per heavy atom. The van der Waals surface area contributed by atoms with Crippen LogP contribution in [-0.2, 0) is 5.88 Å². The molecule has 15 heavy (non-hydrogen) atoms. The van der Waals surface area contributed by atoms with E-state index in [9.17, 15) is 13.6 Å². The number of hydrogen-bond acceptors (Lipinski definition) is 2. The fourth-order valence-electron chi connectivity index (χ4n) is 1.10. The SMILES string of the molecule is O=C(O)c1c(C(F)F)cc(I)nc1CCl. The Hall–Kier alpha value is -0.500. The van der Waals surface area contributed by atoms with Gasteiger partial charge in [0.2, 0.25) is 0 Å². The molecular weight excluding hydrogens is 342 g/mol. The smallest absolute Gasteiger partial charge is 0.338 e. The number of halogens is 4. The number of aromatic nitrogens is 1. The molecule has 0 aromatic carbocycles. The lowest BCUT2D eigenvalue weighted by molar-refractivity contribution is 0.0682. The van der Waals surface area contributed by atoms with Crippen molar-refractivity contribution in [2.24, 2.45) is 0 Å². The van der Waals surface area contributed by atoms with Gasteiger partial charge in [-0.2, -0.15) is 0 Å². The highest BCUT2D eigenvalue weighted by atomic mass is 127. The highest BCUT2D eigenvalue weighted by Gasteiger charge is 2.23. The molecule has 0 aliphatic carbocycles. The standard InChI is InChI=1S/C8H5ClF2INO2/c9-2-4-6(8(14)15)3(7(10)11)1-5(12)13-4/h1,7H,2H2,(H,14,15). The minimum Gasteiger partial charge on any atom is -0.478 e. The van der Waals surface area contributed by atoms with E-state index >= 15 is 0 Å². The number of carboxylic acid groups (broad SMARTS) is 1. The highest BCUT2D eigenvalue weighted by molar-refractivity contribution is 14.1. The number of carbonyl (C=O) groups is 1. The van der Waals surface area contributed by atoms with E-state index in [0.29, 0.717) is 3.70 Å². The van der Waals surface area contributed by atoms with Crippen LogP contribution in [0.5, 0.6) is 0 Å². The maximum absolute atomic E-state index is 12.5. The van der Waals surface area contributed by atoms with Gasteiger partial charge in [-0.1, -0.05) is 0 Å². The fourth-order valence-corrected chi connectivity index (χ4v) is 1.92. The van der Waals surface area contributed by atoms with E-state index in [0.717, 1.165) is 6.07 Å². The van der Waals surface area contributed by atoms with Crippen LogP contribution < -0.4 is 0 Å². The van der Waals surface area contributed by atoms with Crippen molar-refractivity contribution in [2.75, 3.05) is 0 Å². The van der Waals surface area contributed by atoms with Crippen molar-refractivity contribution in [3.8, 4) is 0 Å². The van der Waals surface area contributed by atoms with Crippen LogP contribution >= 0.6 is 34.2 Å². The zero-order valence-electron chi connectivity index (χ0n) is 7.18. The predicted octanol–water partition coefficient (Wildman–Crippen LogP) is 3.06. The number of carboxylic acids is 1. The molecule has 0 amide bonds. The minimum atomic E-state index is -2.85. The van der Waals surface area contributed by atoms with Crippen LogP contribution in [0, 0.1) is 3.70 Å². The van der Waals surface area contributed by atoms with Gasteiger partial charge >= 0.3 is 5.97 Å². The van der Waals surface area contributed by atoms with Crippen molar-refractivity contribution < 1.29 is 18.7 Å². The summed E-state index contributed by atoms with van der Waals surface area (Å²) in [6.07, 6.45) is -2.85. The number of rotatable bonds is 3. The van der Waals surface area contributed by atoms with Gasteiger partial charge < -0.3 is 5.11 Å². The van der Waals surface area contributed by atoms with Gasteiger partial charge in [-0.15, -0.1) is 11.6 Å². The van der Waals surface area contributed by atoms with E-state index in [1.807, 2.05) is 0 Å². The molecule has 1 N–H and O–H groups in total. The number of alkyl halides is 3. The third-order valence-electron chi connectivity index (χ3n) is 1.67. The molecule has 1 rings (SSSR count). The Bertz CT molecular complexity index is 400. The first-order valence-corrected chi connectivity index (χ1v) is 5.35.